The molecule has 1 heterocycles. The lowest BCUT2D eigenvalue weighted by Crippen LogP contribution is -2.20. The lowest BCUT2D eigenvalue weighted by atomic mass is 9.82. The summed E-state index contributed by atoms with van der Waals surface area (Å²) in [5.41, 5.74) is 6.71. The van der Waals surface area contributed by atoms with Gasteiger partial charge in [-0.3, -0.25) is 0 Å². The third kappa shape index (κ3) is 2.23. The van der Waals surface area contributed by atoms with Crippen LogP contribution in [-0.2, 0) is 0 Å². The van der Waals surface area contributed by atoms with Crippen molar-refractivity contribution in [2.75, 3.05) is 6.54 Å². The molecule has 3 heteroatoms. The highest BCUT2D eigenvalue weighted by atomic mass is 16.4. The molecule has 1 aliphatic rings. The van der Waals surface area contributed by atoms with Crippen LogP contribution < -0.4 is 5.73 Å². The average molecular weight is 208 g/mol. The number of aryl methyl sites for hydroxylation is 2. The SMILES string of the molecule is Cc1nc(C2CCC(CN)CC2)oc1C. The minimum atomic E-state index is 0.528. The molecule has 1 fully saturated rings. The lowest BCUT2D eigenvalue weighted by molar-refractivity contribution is 0.294. The first kappa shape index (κ1) is 10.7. The molecule has 0 unspecified atom stereocenters. The van der Waals surface area contributed by atoms with Gasteiger partial charge in [0.1, 0.15) is 5.76 Å². The summed E-state index contributed by atoms with van der Waals surface area (Å²) in [6.45, 7) is 4.82. The van der Waals surface area contributed by atoms with E-state index in [0.717, 1.165) is 29.8 Å². The molecule has 2 rings (SSSR count). The maximum Gasteiger partial charge on any atom is 0.197 e. The van der Waals surface area contributed by atoms with Crippen molar-refractivity contribution in [3.05, 3.63) is 17.3 Å². The van der Waals surface area contributed by atoms with E-state index in [-0.39, 0.29) is 0 Å². The molecule has 1 saturated carbocycles. The summed E-state index contributed by atoms with van der Waals surface area (Å²) >= 11 is 0. The molecule has 84 valence electrons. The quantitative estimate of drug-likeness (QED) is 0.812. The summed E-state index contributed by atoms with van der Waals surface area (Å²) in [6, 6.07) is 0. The molecule has 0 atom stereocenters. The highest BCUT2D eigenvalue weighted by molar-refractivity contribution is 5.08. The molecule has 0 aromatic carbocycles. The van der Waals surface area contributed by atoms with Crippen LogP contribution in [0.25, 0.3) is 0 Å². The van der Waals surface area contributed by atoms with Gasteiger partial charge in [0.05, 0.1) is 5.69 Å². The summed E-state index contributed by atoms with van der Waals surface area (Å²) in [5.74, 6) is 3.16. The van der Waals surface area contributed by atoms with Crippen molar-refractivity contribution in [3.63, 3.8) is 0 Å². The van der Waals surface area contributed by atoms with E-state index in [1.807, 2.05) is 13.8 Å². The van der Waals surface area contributed by atoms with Crippen molar-refractivity contribution >= 4 is 0 Å². The van der Waals surface area contributed by atoms with Crippen LogP contribution >= 0.6 is 0 Å². The zero-order valence-corrected chi connectivity index (χ0v) is 9.62. The third-order valence-electron chi connectivity index (χ3n) is 3.57. The van der Waals surface area contributed by atoms with Crippen molar-refractivity contribution in [3.8, 4) is 0 Å². The number of hydrogen-bond donors (Lipinski definition) is 1. The van der Waals surface area contributed by atoms with E-state index in [1.165, 1.54) is 25.7 Å². The highest BCUT2D eigenvalue weighted by Gasteiger charge is 2.25. The van der Waals surface area contributed by atoms with Crippen LogP contribution in [0.1, 0.15) is 48.9 Å². The van der Waals surface area contributed by atoms with Gasteiger partial charge in [0.2, 0.25) is 0 Å². The van der Waals surface area contributed by atoms with Crippen molar-refractivity contribution < 1.29 is 4.42 Å². The summed E-state index contributed by atoms with van der Waals surface area (Å²) in [4.78, 5) is 4.49. The van der Waals surface area contributed by atoms with Crippen molar-refractivity contribution in [1.82, 2.24) is 4.98 Å². The summed E-state index contributed by atoms with van der Waals surface area (Å²) in [7, 11) is 0. The summed E-state index contributed by atoms with van der Waals surface area (Å²) in [5, 5.41) is 0. The Labute approximate surface area is 91.1 Å². The van der Waals surface area contributed by atoms with Crippen LogP contribution in [0.15, 0.2) is 4.42 Å². The van der Waals surface area contributed by atoms with Gasteiger partial charge in [-0.15, -0.1) is 0 Å². The van der Waals surface area contributed by atoms with Crippen LogP contribution in [-0.4, -0.2) is 11.5 Å². The van der Waals surface area contributed by atoms with E-state index in [9.17, 15) is 0 Å². The molecule has 0 bridgehead atoms. The predicted octanol–water partition coefficient (Wildman–Crippen LogP) is 2.52. The largest absolute Gasteiger partial charge is 0.445 e. The molecule has 1 aliphatic carbocycles. The maximum absolute atomic E-state index is 5.68. The fourth-order valence-electron chi connectivity index (χ4n) is 2.32. The van der Waals surface area contributed by atoms with Gasteiger partial charge in [0.15, 0.2) is 5.89 Å². The summed E-state index contributed by atoms with van der Waals surface area (Å²) < 4.78 is 5.68. The Morgan fingerprint density at radius 2 is 1.93 bits per heavy atom. The molecule has 1 aromatic heterocycles. The number of nitrogens with zero attached hydrogens (tertiary/aromatic N) is 1. The Kier molecular flexibility index (Phi) is 3.10. The Bertz CT molecular complexity index is 305. The van der Waals surface area contributed by atoms with E-state index in [1.54, 1.807) is 0 Å². The molecule has 1 aromatic rings. The van der Waals surface area contributed by atoms with Gasteiger partial charge in [0, 0.05) is 5.92 Å². The van der Waals surface area contributed by atoms with Crippen molar-refractivity contribution in [2.24, 2.45) is 11.7 Å². The average Bonchev–Trinajstić information content (AvgIpc) is 2.59. The first-order valence-corrected chi connectivity index (χ1v) is 5.84. The van der Waals surface area contributed by atoms with Gasteiger partial charge in [-0.2, -0.15) is 0 Å². The zero-order chi connectivity index (χ0) is 10.8. The maximum atomic E-state index is 5.68. The summed E-state index contributed by atoms with van der Waals surface area (Å²) in [6.07, 6.45) is 4.81. The second kappa shape index (κ2) is 4.35. The highest BCUT2D eigenvalue weighted by Crippen LogP contribution is 2.35. The van der Waals surface area contributed by atoms with Crippen LogP contribution in [0, 0.1) is 19.8 Å². The van der Waals surface area contributed by atoms with Gasteiger partial charge >= 0.3 is 0 Å². The monoisotopic (exact) mass is 208 g/mol. The minimum absolute atomic E-state index is 0.528. The molecule has 0 spiro atoms. The zero-order valence-electron chi connectivity index (χ0n) is 9.62. The van der Waals surface area contributed by atoms with Gasteiger partial charge in [-0.25, -0.2) is 4.98 Å². The number of nitrogens with two attached hydrogens (primary N) is 1. The Morgan fingerprint density at radius 1 is 1.27 bits per heavy atom. The van der Waals surface area contributed by atoms with Crippen molar-refractivity contribution in [2.45, 2.75) is 45.4 Å². The van der Waals surface area contributed by atoms with Crippen LogP contribution in [0.4, 0.5) is 0 Å². The van der Waals surface area contributed by atoms with E-state index in [2.05, 4.69) is 4.98 Å². The first-order valence-electron chi connectivity index (χ1n) is 5.84. The number of hydrogen-bond acceptors (Lipinski definition) is 3. The van der Waals surface area contributed by atoms with Gasteiger partial charge in [-0.05, 0) is 52.0 Å². The number of rotatable bonds is 2. The topological polar surface area (TPSA) is 52.0 Å². The molecule has 0 radical (unpaired) electrons. The van der Waals surface area contributed by atoms with Crippen LogP contribution in [0.2, 0.25) is 0 Å². The van der Waals surface area contributed by atoms with E-state index >= 15 is 0 Å². The smallest absolute Gasteiger partial charge is 0.197 e. The predicted molar refractivity (Wildman–Crippen MR) is 59.7 cm³/mol. The van der Waals surface area contributed by atoms with E-state index < -0.39 is 0 Å². The lowest BCUT2D eigenvalue weighted by Gasteiger charge is -2.25. The molecule has 15 heavy (non-hydrogen) atoms. The standard InChI is InChI=1S/C12H20N2O/c1-8-9(2)15-12(14-8)11-5-3-10(7-13)4-6-11/h10-11H,3-7,13H2,1-2H3. The van der Waals surface area contributed by atoms with Gasteiger partial charge in [0.25, 0.3) is 0 Å². The second-order valence-electron chi connectivity index (χ2n) is 4.65. The second-order valence-corrected chi connectivity index (χ2v) is 4.65. The number of aromatic nitrogens is 1. The third-order valence-corrected chi connectivity index (χ3v) is 3.57. The molecule has 0 amide bonds. The Morgan fingerprint density at radius 3 is 2.40 bits per heavy atom. The molecule has 0 aliphatic heterocycles. The Hall–Kier alpha value is -0.830. The molecular weight excluding hydrogens is 188 g/mol. The fraction of sp³-hybridized carbons (Fsp3) is 0.750. The van der Waals surface area contributed by atoms with Gasteiger partial charge in [-0.1, -0.05) is 0 Å². The van der Waals surface area contributed by atoms with E-state index in [0.29, 0.717) is 5.92 Å². The molecule has 0 saturated heterocycles. The van der Waals surface area contributed by atoms with E-state index in [4.69, 9.17) is 10.2 Å². The van der Waals surface area contributed by atoms with Crippen LogP contribution in [0.5, 0.6) is 0 Å². The first-order chi connectivity index (χ1) is 7.20. The minimum Gasteiger partial charge on any atom is -0.445 e. The Balaban J connectivity index is 2.01. The normalized spacial score (nSPS) is 26.9. The fourth-order valence-corrected chi connectivity index (χ4v) is 2.32. The van der Waals surface area contributed by atoms with Crippen LogP contribution in [0.3, 0.4) is 0 Å². The molecular formula is C12H20N2O. The number of oxazole rings is 1. The molecule has 2 N–H and O–H groups in total. The van der Waals surface area contributed by atoms with Gasteiger partial charge < -0.3 is 10.2 Å². The molecule has 3 nitrogen and oxygen atoms in total. The van der Waals surface area contributed by atoms with Crippen molar-refractivity contribution in [1.29, 1.82) is 0 Å².